The molecule has 1 amide bonds. The highest BCUT2D eigenvalue weighted by molar-refractivity contribution is 6.17. The zero-order valence-corrected chi connectivity index (χ0v) is 11.4. The molecule has 0 aliphatic carbocycles. The number of nitrogens with one attached hydrogen (secondary N) is 1. The van der Waals surface area contributed by atoms with Crippen LogP contribution in [0.4, 0.5) is 0 Å². The highest BCUT2D eigenvalue weighted by Crippen LogP contribution is 2.23. The largest absolute Gasteiger partial charge is 0.497 e. The fourth-order valence-electron chi connectivity index (χ4n) is 1.53. The molecule has 0 aliphatic heterocycles. The molecule has 0 aliphatic rings. The van der Waals surface area contributed by atoms with Gasteiger partial charge in [-0.1, -0.05) is 0 Å². The van der Waals surface area contributed by atoms with Crippen molar-refractivity contribution in [2.24, 2.45) is 0 Å². The number of alkyl halides is 1. The van der Waals surface area contributed by atoms with Crippen LogP contribution in [0.1, 0.15) is 18.4 Å². The number of benzene rings is 1. The zero-order chi connectivity index (χ0) is 13.4. The third-order valence-electron chi connectivity index (χ3n) is 2.50. The van der Waals surface area contributed by atoms with Gasteiger partial charge in [-0.05, 0) is 24.6 Å². The van der Waals surface area contributed by atoms with Gasteiger partial charge in [-0.3, -0.25) is 4.79 Å². The summed E-state index contributed by atoms with van der Waals surface area (Å²) in [5, 5.41) is 2.83. The van der Waals surface area contributed by atoms with Gasteiger partial charge in [0, 0.05) is 24.4 Å². The quantitative estimate of drug-likeness (QED) is 0.775. The lowest BCUT2D eigenvalue weighted by Crippen LogP contribution is -2.22. The third kappa shape index (κ3) is 4.45. The molecule has 0 heterocycles. The molecule has 1 aromatic rings. The highest BCUT2D eigenvalue weighted by atomic mass is 35.5. The molecule has 0 atom stereocenters. The van der Waals surface area contributed by atoms with E-state index in [4.69, 9.17) is 21.1 Å². The Balaban J connectivity index is 2.62. The van der Waals surface area contributed by atoms with Crippen LogP contribution in [0.25, 0.3) is 0 Å². The third-order valence-corrected chi connectivity index (χ3v) is 2.77. The summed E-state index contributed by atoms with van der Waals surface area (Å²) >= 11 is 5.53. The van der Waals surface area contributed by atoms with Gasteiger partial charge in [0.05, 0.1) is 14.2 Å². The van der Waals surface area contributed by atoms with Crippen LogP contribution in [-0.2, 0) is 11.3 Å². The molecule has 1 N–H and O–H groups in total. The number of halogens is 1. The molecular weight excluding hydrogens is 254 g/mol. The van der Waals surface area contributed by atoms with Crippen molar-refractivity contribution in [1.82, 2.24) is 5.32 Å². The van der Waals surface area contributed by atoms with Crippen LogP contribution >= 0.6 is 11.6 Å². The Morgan fingerprint density at radius 2 is 2.11 bits per heavy atom. The first-order valence-electron chi connectivity index (χ1n) is 5.74. The van der Waals surface area contributed by atoms with Gasteiger partial charge >= 0.3 is 0 Å². The summed E-state index contributed by atoms with van der Waals surface area (Å²) in [6, 6.07) is 5.48. The van der Waals surface area contributed by atoms with Gasteiger partial charge < -0.3 is 14.8 Å². The van der Waals surface area contributed by atoms with Crippen LogP contribution in [0, 0.1) is 0 Å². The lowest BCUT2D eigenvalue weighted by molar-refractivity contribution is -0.121. The monoisotopic (exact) mass is 271 g/mol. The molecule has 0 unspecified atom stereocenters. The predicted molar refractivity (Wildman–Crippen MR) is 71.3 cm³/mol. The predicted octanol–water partition coefficient (Wildman–Crippen LogP) is 2.34. The average Bonchev–Trinajstić information content (AvgIpc) is 2.42. The van der Waals surface area contributed by atoms with E-state index in [2.05, 4.69) is 5.32 Å². The minimum atomic E-state index is -0.0134. The Morgan fingerprint density at radius 3 is 2.72 bits per heavy atom. The lowest BCUT2D eigenvalue weighted by atomic mass is 10.2. The smallest absolute Gasteiger partial charge is 0.220 e. The number of methoxy groups -OCH3 is 2. The van der Waals surface area contributed by atoms with Gasteiger partial charge in [-0.25, -0.2) is 0 Å². The molecule has 0 saturated heterocycles. The lowest BCUT2D eigenvalue weighted by Gasteiger charge is -2.11. The molecule has 18 heavy (non-hydrogen) atoms. The minimum absolute atomic E-state index is 0.0134. The number of amides is 1. The molecule has 0 bridgehead atoms. The van der Waals surface area contributed by atoms with Crippen LogP contribution in [0.15, 0.2) is 18.2 Å². The first kappa shape index (κ1) is 14.6. The van der Waals surface area contributed by atoms with Crippen molar-refractivity contribution in [2.45, 2.75) is 19.4 Å². The molecule has 1 aromatic carbocycles. The first-order valence-corrected chi connectivity index (χ1v) is 6.28. The maximum absolute atomic E-state index is 11.5. The Labute approximate surface area is 112 Å². The van der Waals surface area contributed by atoms with Crippen LogP contribution in [0.2, 0.25) is 0 Å². The summed E-state index contributed by atoms with van der Waals surface area (Å²) in [7, 11) is 3.20. The van der Waals surface area contributed by atoms with Gasteiger partial charge in [-0.15, -0.1) is 11.6 Å². The summed E-state index contributed by atoms with van der Waals surface area (Å²) < 4.78 is 10.4. The van der Waals surface area contributed by atoms with Crippen molar-refractivity contribution in [1.29, 1.82) is 0 Å². The number of hydrogen-bond donors (Lipinski definition) is 1. The Morgan fingerprint density at radius 1 is 1.33 bits per heavy atom. The molecule has 0 spiro atoms. The number of carbonyl (C=O) groups is 1. The van der Waals surface area contributed by atoms with Crippen molar-refractivity contribution in [2.75, 3.05) is 20.1 Å². The van der Waals surface area contributed by atoms with E-state index in [1.807, 2.05) is 18.2 Å². The topological polar surface area (TPSA) is 47.6 Å². The van der Waals surface area contributed by atoms with Crippen molar-refractivity contribution >= 4 is 17.5 Å². The Hall–Kier alpha value is -1.42. The van der Waals surface area contributed by atoms with Gasteiger partial charge in [0.2, 0.25) is 5.91 Å². The van der Waals surface area contributed by atoms with Crippen LogP contribution in [0.5, 0.6) is 11.5 Å². The number of hydrogen-bond acceptors (Lipinski definition) is 3. The second-order valence-corrected chi connectivity index (χ2v) is 4.13. The van der Waals surface area contributed by atoms with Gasteiger partial charge in [-0.2, -0.15) is 0 Å². The maximum atomic E-state index is 11.5. The molecule has 100 valence electrons. The summed E-state index contributed by atoms with van der Waals surface area (Å²) in [6.45, 7) is 0.418. The highest BCUT2D eigenvalue weighted by Gasteiger charge is 2.07. The van der Waals surface area contributed by atoms with Crippen LogP contribution < -0.4 is 14.8 Å². The summed E-state index contributed by atoms with van der Waals surface area (Å²) in [5.74, 6) is 1.95. The standard InChI is InChI=1S/C13H18ClNO3/c1-17-11-5-6-12(18-2)10(8-11)9-15-13(16)4-3-7-14/h5-6,8H,3-4,7,9H2,1-2H3,(H,15,16). The molecular formula is C13H18ClNO3. The van der Waals surface area contributed by atoms with E-state index >= 15 is 0 Å². The summed E-state index contributed by atoms with van der Waals surface area (Å²) in [4.78, 5) is 11.5. The summed E-state index contributed by atoms with van der Waals surface area (Å²) in [6.07, 6.45) is 1.12. The van der Waals surface area contributed by atoms with E-state index in [0.29, 0.717) is 25.3 Å². The van der Waals surface area contributed by atoms with Gasteiger partial charge in [0.25, 0.3) is 0 Å². The fraction of sp³-hybridized carbons (Fsp3) is 0.462. The number of rotatable bonds is 7. The van der Waals surface area contributed by atoms with Crippen molar-refractivity contribution < 1.29 is 14.3 Å². The molecule has 5 heteroatoms. The maximum Gasteiger partial charge on any atom is 0.220 e. The second-order valence-electron chi connectivity index (χ2n) is 3.75. The molecule has 0 fully saturated rings. The van der Waals surface area contributed by atoms with Crippen molar-refractivity contribution in [3.63, 3.8) is 0 Å². The van der Waals surface area contributed by atoms with E-state index in [1.54, 1.807) is 14.2 Å². The first-order chi connectivity index (χ1) is 8.71. The molecule has 0 aromatic heterocycles. The molecule has 0 radical (unpaired) electrons. The van der Waals surface area contributed by atoms with Crippen molar-refractivity contribution in [3.05, 3.63) is 23.8 Å². The fourth-order valence-corrected chi connectivity index (χ4v) is 1.66. The van der Waals surface area contributed by atoms with Crippen LogP contribution in [0.3, 0.4) is 0 Å². The second kappa shape index (κ2) is 7.82. The van der Waals surface area contributed by atoms with Crippen molar-refractivity contribution in [3.8, 4) is 11.5 Å². The minimum Gasteiger partial charge on any atom is -0.497 e. The normalized spacial score (nSPS) is 9.94. The van der Waals surface area contributed by atoms with E-state index in [1.165, 1.54) is 0 Å². The van der Waals surface area contributed by atoms with Gasteiger partial charge in [0.1, 0.15) is 11.5 Å². The van der Waals surface area contributed by atoms with E-state index in [0.717, 1.165) is 17.1 Å². The van der Waals surface area contributed by atoms with E-state index in [-0.39, 0.29) is 5.91 Å². The van der Waals surface area contributed by atoms with Crippen LogP contribution in [-0.4, -0.2) is 26.0 Å². The Bertz CT molecular complexity index is 396. The molecule has 4 nitrogen and oxygen atoms in total. The SMILES string of the molecule is COc1ccc(OC)c(CNC(=O)CCCCl)c1. The number of carbonyl (C=O) groups excluding carboxylic acids is 1. The van der Waals surface area contributed by atoms with E-state index < -0.39 is 0 Å². The molecule has 0 saturated carbocycles. The van der Waals surface area contributed by atoms with E-state index in [9.17, 15) is 4.79 Å². The average molecular weight is 272 g/mol. The molecule has 1 rings (SSSR count). The number of ether oxygens (including phenoxy) is 2. The Kier molecular flexibility index (Phi) is 6.36. The van der Waals surface area contributed by atoms with Gasteiger partial charge in [0.15, 0.2) is 0 Å². The zero-order valence-electron chi connectivity index (χ0n) is 10.7. The summed E-state index contributed by atoms with van der Waals surface area (Å²) in [5.41, 5.74) is 0.885.